The molecule has 1 aromatic rings. The van der Waals surface area contributed by atoms with Gasteiger partial charge in [0.2, 0.25) is 0 Å². The molecule has 1 rings (SSSR count). The lowest BCUT2D eigenvalue weighted by atomic mass is 10.0. The van der Waals surface area contributed by atoms with E-state index in [9.17, 15) is 23.1 Å². The molecule has 22 heavy (non-hydrogen) atoms. The summed E-state index contributed by atoms with van der Waals surface area (Å²) in [6.07, 6.45) is -4.55. The monoisotopic (exact) mass is 357 g/mol. The number of alkyl carbamates (subject to hydrolysis) is 1. The van der Waals surface area contributed by atoms with Gasteiger partial charge in [-0.15, -0.1) is 0 Å². The van der Waals surface area contributed by atoms with Gasteiger partial charge in [-0.05, 0) is 23.8 Å². The van der Waals surface area contributed by atoms with E-state index < -0.39 is 24.4 Å². The van der Waals surface area contributed by atoms with E-state index >= 15 is 0 Å². The third-order valence-electron chi connectivity index (χ3n) is 2.67. The van der Waals surface area contributed by atoms with Crippen molar-refractivity contribution >= 4 is 35.4 Å². The molecule has 0 saturated heterocycles. The number of rotatable bonds is 4. The molecule has 0 fully saturated rings. The zero-order chi connectivity index (χ0) is 17.0. The minimum absolute atomic E-state index is 0.159. The number of nitrogens with one attached hydrogen (secondary N) is 1. The van der Waals surface area contributed by atoms with Crippen LogP contribution in [-0.4, -0.2) is 36.6 Å². The van der Waals surface area contributed by atoms with Gasteiger partial charge >= 0.3 is 12.3 Å². The SMILES string of the molecule is COC(=O)NCC(O)(/C=C/c1ccc(Cl)c(Cl)c1)C(F)(F)F. The molecule has 0 aliphatic carbocycles. The molecular weight excluding hydrogens is 346 g/mol. The summed E-state index contributed by atoms with van der Waals surface area (Å²) in [5.41, 5.74) is -2.96. The number of benzene rings is 1. The summed E-state index contributed by atoms with van der Waals surface area (Å²) < 4.78 is 43.1. The number of alkyl halides is 3. The maximum atomic E-state index is 13.0. The van der Waals surface area contributed by atoms with Gasteiger partial charge in [0.05, 0.1) is 23.7 Å². The first-order valence-electron chi connectivity index (χ1n) is 5.84. The average Bonchev–Trinajstić information content (AvgIpc) is 2.44. The molecule has 0 radical (unpaired) electrons. The Kier molecular flexibility index (Phi) is 6.10. The molecule has 0 saturated carbocycles. The molecule has 4 nitrogen and oxygen atoms in total. The minimum Gasteiger partial charge on any atom is -0.453 e. The predicted molar refractivity (Wildman–Crippen MR) is 76.9 cm³/mol. The van der Waals surface area contributed by atoms with E-state index in [1.54, 1.807) is 5.32 Å². The van der Waals surface area contributed by atoms with E-state index in [2.05, 4.69) is 4.74 Å². The van der Waals surface area contributed by atoms with Crippen molar-refractivity contribution in [2.24, 2.45) is 0 Å². The fraction of sp³-hybridized carbons (Fsp3) is 0.308. The van der Waals surface area contributed by atoms with Crippen LogP contribution in [-0.2, 0) is 4.74 Å². The molecule has 0 aromatic heterocycles. The zero-order valence-electron chi connectivity index (χ0n) is 11.2. The number of halogens is 5. The van der Waals surface area contributed by atoms with Gasteiger partial charge in [0.25, 0.3) is 0 Å². The smallest absolute Gasteiger partial charge is 0.422 e. The van der Waals surface area contributed by atoms with Crippen LogP contribution < -0.4 is 5.32 Å². The molecule has 0 bridgehead atoms. The Morgan fingerprint density at radius 3 is 2.50 bits per heavy atom. The second kappa shape index (κ2) is 7.21. The van der Waals surface area contributed by atoms with Crippen LogP contribution in [0.1, 0.15) is 5.56 Å². The first-order chi connectivity index (χ1) is 10.1. The largest absolute Gasteiger partial charge is 0.453 e. The highest BCUT2D eigenvalue weighted by atomic mass is 35.5. The highest BCUT2D eigenvalue weighted by Crippen LogP contribution is 2.32. The summed E-state index contributed by atoms with van der Waals surface area (Å²) in [5.74, 6) is 0. The van der Waals surface area contributed by atoms with Gasteiger partial charge in [0.1, 0.15) is 0 Å². The van der Waals surface area contributed by atoms with E-state index in [0.29, 0.717) is 11.6 Å². The molecule has 1 unspecified atom stereocenters. The van der Waals surface area contributed by atoms with Crippen molar-refractivity contribution in [3.05, 3.63) is 39.9 Å². The van der Waals surface area contributed by atoms with Crippen LogP contribution in [0.2, 0.25) is 10.0 Å². The summed E-state index contributed by atoms with van der Waals surface area (Å²) in [6, 6.07) is 4.17. The van der Waals surface area contributed by atoms with E-state index in [-0.39, 0.29) is 10.0 Å². The number of methoxy groups -OCH3 is 1. The number of hydrogen-bond donors (Lipinski definition) is 2. The maximum Gasteiger partial charge on any atom is 0.422 e. The highest BCUT2D eigenvalue weighted by molar-refractivity contribution is 6.42. The van der Waals surface area contributed by atoms with E-state index in [4.69, 9.17) is 23.2 Å². The average molecular weight is 358 g/mol. The summed E-state index contributed by atoms with van der Waals surface area (Å²) in [5, 5.41) is 11.9. The van der Waals surface area contributed by atoms with Crippen molar-refractivity contribution < 1.29 is 27.8 Å². The number of ether oxygens (including phenoxy) is 1. The molecular formula is C13H12Cl2F3NO3. The quantitative estimate of drug-likeness (QED) is 0.864. The fourth-order valence-corrected chi connectivity index (χ4v) is 1.69. The normalized spacial score (nSPS) is 14.7. The standard InChI is InChI=1S/C13H12Cl2F3NO3/c1-22-11(20)19-7-12(21,13(16,17)18)5-4-8-2-3-9(14)10(15)6-8/h2-6,21H,7H2,1H3,(H,19,20)/b5-4+. The van der Waals surface area contributed by atoms with Crippen LogP contribution in [0.15, 0.2) is 24.3 Å². The van der Waals surface area contributed by atoms with Gasteiger partial charge < -0.3 is 15.2 Å². The van der Waals surface area contributed by atoms with E-state index in [0.717, 1.165) is 13.2 Å². The Morgan fingerprint density at radius 2 is 2.00 bits per heavy atom. The van der Waals surface area contributed by atoms with Crippen molar-refractivity contribution in [2.75, 3.05) is 13.7 Å². The lowest BCUT2D eigenvalue weighted by Crippen LogP contribution is -2.52. The van der Waals surface area contributed by atoms with Gasteiger partial charge in [-0.25, -0.2) is 4.79 Å². The Bertz CT molecular complexity index is 578. The summed E-state index contributed by atoms with van der Waals surface area (Å²) >= 11 is 11.4. The van der Waals surface area contributed by atoms with Crippen molar-refractivity contribution in [1.82, 2.24) is 5.32 Å². The van der Waals surface area contributed by atoms with Crippen molar-refractivity contribution in [1.29, 1.82) is 0 Å². The molecule has 1 atom stereocenters. The molecule has 0 heterocycles. The lowest BCUT2D eigenvalue weighted by Gasteiger charge is -2.27. The van der Waals surface area contributed by atoms with Crippen molar-refractivity contribution in [3.8, 4) is 0 Å². The predicted octanol–water partition coefficient (Wildman–Crippen LogP) is 3.66. The first kappa shape index (κ1) is 18.6. The van der Waals surface area contributed by atoms with Gasteiger partial charge in [0, 0.05) is 0 Å². The van der Waals surface area contributed by atoms with Gasteiger partial charge in [0.15, 0.2) is 5.60 Å². The zero-order valence-corrected chi connectivity index (χ0v) is 12.8. The third kappa shape index (κ3) is 4.79. The van der Waals surface area contributed by atoms with E-state index in [1.165, 1.54) is 18.2 Å². The molecule has 9 heteroatoms. The fourth-order valence-electron chi connectivity index (χ4n) is 1.38. The lowest BCUT2D eigenvalue weighted by molar-refractivity contribution is -0.236. The Labute approximate surface area is 134 Å². The van der Waals surface area contributed by atoms with Gasteiger partial charge in [-0.2, -0.15) is 13.2 Å². The number of amides is 1. The Hall–Kier alpha value is -1.44. The molecule has 0 aliphatic rings. The van der Waals surface area contributed by atoms with Crippen molar-refractivity contribution in [3.63, 3.8) is 0 Å². The summed E-state index contributed by atoms with van der Waals surface area (Å²) in [6.45, 7) is -1.10. The van der Waals surface area contributed by atoms with Crippen LogP contribution in [0.4, 0.5) is 18.0 Å². The molecule has 1 aromatic carbocycles. The Balaban J connectivity index is 2.99. The highest BCUT2D eigenvalue weighted by Gasteiger charge is 2.52. The second-order valence-corrected chi connectivity index (χ2v) is 5.09. The molecule has 122 valence electrons. The molecule has 1 amide bonds. The van der Waals surface area contributed by atoms with Gasteiger partial charge in [-0.3, -0.25) is 0 Å². The minimum atomic E-state index is -5.00. The summed E-state index contributed by atoms with van der Waals surface area (Å²) in [4.78, 5) is 10.9. The van der Waals surface area contributed by atoms with Crippen LogP contribution in [0.25, 0.3) is 6.08 Å². The molecule has 2 N–H and O–H groups in total. The van der Waals surface area contributed by atoms with E-state index in [1.807, 2.05) is 0 Å². The van der Waals surface area contributed by atoms with Crippen LogP contribution in [0.3, 0.4) is 0 Å². The van der Waals surface area contributed by atoms with Crippen LogP contribution in [0.5, 0.6) is 0 Å². The topological polar surface area (TPSA) is 58.6 Å². The first-order valence-corrected chi connectivity index (χ1v) is 6.60. The summed E-state index contributed by atoms with van der Waals surface area (Å²) in [7, 11) is 0.994. The van der Waals surface area contributed by atoms with Gasteiger partial charge in [-0.1, -0.05) is 35.3 Å². The third-order valence-corrected chi connectivity index (χ3v) is 3.41. The second-order valence-electron chi connectivity index (χ2n) is 4.27. The Morgan fingerprint density at radius 1 is 1.36 bits per heavy atom. The number of carbonyl (C=O) groups is 1. The number of aliphatic hydroxyl groups is 1. The van der Waals surface area contributed by atoms with Crippen LogP contribution >= 0.6 is 23.2 Å². The van der Waals surface area contributed by atoms with Crippen molar-refractivity contribution in [2.45, 2.75) is 11.8 Å². The van der Waals surface area contributed by atoms with Crippen LogP contribution in [0, 0.1) is 0 Å². The maximum absolute atomic E-state index is 13.0. The number of carbonyl (C=O) groups excluding carboxylic acids is 1. The number of hydrogen-bond acceptors (Lipinski definition) is 3. The molecule has 0 aliphatic heterocycles. The molecule has 0 spiro atoms.